The van der Waals surface area contributed by atoms with Gasteiger partial charge in [-0.1, -0.05) is 0 Å². The van der Waals surface area contributed by atoms with Gasteiger partial charge in [-0.3, -0.25) is 4.79 Å². The van der Waals surface area contributed by atoms with Gasteiger partial charge >= 0.3 is 0 Å². The number of amides is 1. The first-order valence-corrected chi connectivity index (χ1v) is 3.62. The van der Waals surface area contributed by atoms with Crippen molar-refractivity contribution in [3.63, 3.8) is 0 Å². The van der Waals surface area contributed by atoms with Crippen LogP contribution in [0, 0.1) is 0 Å². The minimum atomic E-state index is -0.469. The Bertz CT molecular complexity index is 158. The minimum Gasteiger partial charge on any atom is -0.391 e. The Labute approximate surface area is 65.8 Å². The molecule has 0 bridgehead atoms. The number of nitrogens with zero attached hydrogens (tertiary/aromatic N) is 1. The van der Waals surface area contributed by atoms with Crippen LogP contribution in [0.2, 0.25) is 0 Å². The van der Waals surface area contributed by atoms with Crippen molar-refractivity contribution in [3.8, 4) is 0 Å². The van der Waals surface area contributed by atoms with Crippen LogP contribution in [0.1, 0.15) is 6.42 Å². The third kappa shape index (κ3) is 1.91. The fourth-order valence-corrected chi connectivity index (χ4v) is 1.07. The van der Waals surface area contributed by atoms with Crippen molar-refractivity contribution in [2.24, 2.45) is 0 Å². The topological polar surface area (TPSA) is 49.8 Å². The molecular formula is C7H13NO3. The fourth-order valence-electron chi connectivity index (χ4n) is 1.07. The Kier molecular flexibility index (Phi) is 2.46. The van der Waals surface area contributed by atoms with Crippen LogP contribution >= 0.6 is 0 Å². The summed E-state index contributed by atoms with van der Waals surface area (Å²) < 4.78 is 5.05. The van der Waals surface area contributed by atoms with E-state index in [0.717, 1.165) is 0 Å². The summed E-state index contributed by atoms with van der Waals surface area (Å²) in [5, 5.41) is 9.03. The molecule has 1 amide bonds. The zero-order valence-electron chi connectivity index (χ0n) is 6.78. The summed E-state index contributed by atoms with van der Waals surface area (Å²) in [4.78, 5) is 12.7. The van der Waals surface area contributed by atoms with Crippen molar-refractivity contribution >= 4 is 5.91 Å². The predicted molar refractivity (Wildman–Crippen MR) is 39.1 cm³/mol. The largest absolute Gasteiger partial charge is 0.391 e. The molecule has 1 saturated heterocycles. The highest BCUT2D eigenvalue weighted by molar-refractivity contribution is 5.80. The Morgan fingerprint density at radius 3 is 2.64 bits per heavy atom. The van der Waals surface area contributed by atoms with Gasteiger partial charge in [0.25, 0.3) is 5.91 Å². The number of aliphatic hydroxyl groups excluding tert-OH is 1. The number of carbonyl (C=O) groups excluding carboxylic acids is 1. The molecule has 11 heavy (non-hydrogen) atoms. The number of likely N-dealkylation sites (N-methyl/N-ethyl adjacent to an activating group) is 1. The maximum absolute atomic E-state index is 11.2. The summed E-state index contributed by atoms with van der Waals surface area (Å²) in [5.41, 5.74) is 0. The van der Waals surface area contributed by atoms with E-state index in [0.29, 0.717) is 6.42 Å². The van der Waals surface area contributed by atoms with Gasteiger partial charge in [-0.25, -0.2) is 0 Å². The van der Waals surface area contributed by atoms with Gasteiger partial charge in [-0.2, -0.15) is 0 Å². The molecule has 4 nitrogen and oxygen atoms in total. The SMILES string of the molecule is CN(C)C(=O)[C@H]1C[C@H](O)CO1. The quantitative estimate of drug-likeness (QED) is 0.546. The second-order valence-corrected chi connectivity index (χ2v) is 2.94. The molecule has 0 aromatic heterocycles. The molecule has 1 fully saturated rings. The maximum atomic E-state index is 11.2. The lowest BCUT2D eigenvalue weighted by atomic mass is 10.2. The van der Waals surface area contributed by atoms with Gasteiger partial charge < -0.3 is 14.7 Å². The summed E-state index contributed by atoms with van der Waals surface area (Å²) >= 11 is 0. The minimum absolute atomic E-state index is 0.0680. The average molecular weight is 159 g/mol. The second-order valence-electron chi connectivity index (χ2n) is 2.94. The van der Waals surface area contributed by atoms with Crippen LogP contribution in [0.3, 0.4) is 0 Å². The van der Waals surface area contributed by atoms with E-state index in [2.05, 4.69) is 0 Å². The Hall–Kier alpha value is -0.610. The standard InChI is InChI=1S/C7H13NO3/c1-8(2)7(10)6-3-5(9)4-11-6/h5-6,9H,3-4H2,1-2H3/t5-,6+/m0/s1. The van der Waals surface area contributed by atoms with Gasteiger partial charge in [0.05, 0.1) is 12.7 Å². The van der Waals surface area contributed by atoms with Gasteiger partial charge in [0.15, 0.2) is 0 Å². The predicted octanol–water partition coefficient (Wildman–Crippen LogP) is -0.776. The van der Waals surface area contributed by atoms with E-state index in [9.17, 15) is 4.79 Å². The highest BCUT2D eigenvalue weighted by Gasteiger charge is 2.30. The highest BCUT2D eigenvalue weighted by atomic mass is 16.5. The molecule has 1 aliphatic heterocycles. The van der Waals surface area contributed by atoms with Crippen molar-refractivity contribution in [2.45, 2.75) is 18.6 Å². The van der Waals surface area contributed by atoms with Crippen molar-refractivity contribution in [2.75, 3.05) is 20.7 Å². The van der Waals surface area contributed by atoms with Gasteiger partial charge in [0, 0.05) is 20.5 Å². The number of aliphatic hydroxyl groups is 1. The van der Waals surface area contributed by atoms with Crippen LogP contribution in [0.15, 0.2) is 0 Å². The molecule has 0 spiro atoms. The molecule has 0 saturated carbocycles. The monoisotopic (exact) mass is 159 g/mol. The highest BCUT2D eigenvalue weighted by Crippen LogP contribution is 2.14. The van der Waals surface area contributed by atoms with E-state index in [1.807, 2.05) is 0 Å². The number of rotatable bonds is 1. The van der Waals surface area contributed by atoms with E-state index >= 15 is 0 Å². The van der Waals surface area contributed by atoms with Gasteiger partial charge in [0.2, 0.25) is 0 Å². The van der Waals surface area contributed by atoms with Crippen LogP contribution in [-0.4, -0.2) is 48.8 Å². The third-order valence-electron chi connectivity index (χ3n) is 1.69. The lowest BCUT2D eigenvalue weighted by Crippen LogP contribution is -2.33. The molecule has 1 aliphatic rings. The number of carbonyl (C=O) groups is 1. The Morgan fingerprint density at radius 2 is 2.27 bits per heavy atom. The summed E-state index contributed by atoms with van der Waals surface area (Å²) in [6.07, 6.45) is -0.472. The zero-order valence-corrected chi connectivity index (χ0v) is 6.78. The number of hydrogen-bond acceptors (Lipinski definition) is 3. The normalized spacial score (nSPS) is 30.5. The maximum Gasteiger partial charge on any atom is 0.251 e. The summed E-state index contributed by atoms with van der Waals surface area (Å²) in [5.74, 6) is -0.0680. The van der Waals surface area contributed by atoms with Gasteiger partial charge in [-0.05, 0) is 0 Å². The first-order valence-electron chi connectivity index (χ1n) is 3.62. The molecule has 0 radical (unpaired) electrons. The Balaban J connectivity index is 2.43. The Morgan fingerprint density at radius 1 is 1.64 bits per heavy atom. The summed E-state index contributed by atoms with van der Waals surface area (Å²) in [7, 11) is 3.35. The molecule has 1 N–H and O–H groups in total. The molecule has 0 aliphatic carbocycles. The molecular weight excluding hydrogens is 146 g/mol. The molecule has 1 rings (SSSR count). The molecule has 4 heteroatoms. The molecule has 64 valence electrons. The second kappa shape index (κ2) is 3.19. The van der Waals surface area contributed by atoms with Crippen molar-refractivity contribution < 1.29 is 14.6 Å². The molecule has 0 aromatic carbocycles. The molecule has 0 unspecified atom stereocenters. The molecule has 0 aromatic rings. The molecule has 2 atom stereocenters. The lowest BCUT2D eigenvalue weighted by molar-refractivity contribution is -0.138. The average Bonchev–Trinajstić information content (AvgIpc) is 2.34. The lowest BCUT2D eigenvalue weighted by Gasteiger charge is -2.14. The van der Waals surface area contributed by atoms with Crippen LogP contribution in [0.4, 0.5) is 0 Å². The molecule has 1 heterocycles. The van der Waals surface area contributed by atoms with Crippen LogP contribution in [0.25, 0.3) is 0 Å². The third-order valence-corrected chi connectivity index (χ3v) is 1.69. The van der Waals surface area contributed by atoms with E-state index in [1.54, 1.807) is 14.1 Å². The number of hydrogen-bond donors (Lipinski definition) is 1. The van der Waals surface area contributed by atoms with E-state index in [1.165, 1.54) is 4.90 Å². The van der Waals surface area contributed by atoms with Crippen molar-refractivity contribution in [1.82, 2.24) is 4.90 Å². The van der Waals surface area contributed by atoms with Crippen molar-refractivity contribution in [1.29, 1.82) is 0 Å². The zero-order chi connectivity index (χ0) is 8.43. The van der Waals surface area contributed by atoms with E-state index in [4.69, 9.17) is 9.84 Å². The van der Waals surface area contributed by atoms with E-state index < -0.39 is 12.2 Å². The fraction of sp³-hybridized carbons (Fsp3) is 0.857. The van der Waals surface area contributed by atoms with Gasteiger partial charge in [0.1, 0.15) is 6.10 Å². The smallest absolute Gasteiger partial charge is 0.251 e. The van der Waals surface area contributed by atoms with Crippen LogP contribution < -0.4 is 0 Å². The van der Waals surface area contributed by atoms with Crippen molar-refractivity contribution in [3.05, 3.63) is 0 Å². The first-order chi connectivity index (χ1) is 5.11. The van der Waals surface area contributed by atoms with Gasteiger partial charge in [-0.15, -0.1) is 0 Å². The van der Waals surface area contributed by atoms with E-state index in [-0.39, 0.29) is 12.5 Å². The number of ether oxygens (including phenoxy) is 1. The summed E-state index contributed by atoms with van der Waals surface area (Å²) in [6.45, 7) is 0.282. The first kappa shape index (κ1) is 8.49. The van der Waals surface area contributed by atoms with Crippen LogP contribution in [0.5, 0.6) is 0 Å². The van der Waals surface area contributed by atoms with Crippen LogP contribution in [-0.2, 0) is 9.53 Å². The summed E-state index contributed by atoms with van der Waals surface area (Å²) in [6, 6.07) is 0.